The highest BCUT2D eigenvalue weighted by Gasteiger charge is 2.35. The van der Waals surface area contributed by atoms with Gasteiger partial charge in [0.25, 0.3) is 0 Å². The summed E-state index contributed by atoms with van der Waals surface area (Å²) in [4.78, 5) is 2.44. The van der Waals surface area contributed by atoms with Crippen molar-refractivity contribution in [2.45, 2.75) is 19.3 Å². The number of hydrogen-bond donors (Lipinski definition) is 0. The van der Waals surface area contributed by atoms with Gasteiger partial charge in [0.1, 0.15) is 11.2 Å². The molecule has 0 saturated heterocycles. The summed E-state index contributed by atoms with van der Waals surface area (Å²) in [5.41, 5.74) is 17.3. The van der Waals surface area contributed by atoms with Gasteiger partial charge in [-0.2, -0.15) is 0 Å². The highest BCUT2D eigenvalue weighted by Crippen LogP contribution is 2.52. The molecule has 1 aliphatic rings. The third-order valence-corrected chi connectivity index (χ3v) is 12.1. The standard InChI is InChI=1S/C55H39NO/c1-55(2)48-23-11-8-20-44(48)47-34-40(29-32-49(47)55)43-22-14-25-51(54(43)37-16-4-3-5-17-37)56(41-30-31-46-45-21-10-13-26-52(45)57-53(46)35-41)50-24-12-9-19-42(50)39-28-27-36-15-6-7-18-38(36)33-39/h3-35H,1-2H3. The molecule has 2 nitrogen and oxygen atoms in total. The van der Waals surface area contributed by atoms with Crippen molar-refractivity contribution in [2.24, 2.45) is 0 Å². The number of furan rings is 1. The summed E-state index contributed by atoms with van der Waals surface area (Å²) >= 11 is 0. The van der Waals surface area contributed by atoms with Gasteiger partial charge in [-0.25, -0.2) is 0 Å². The van der Waals surface area contributed by atoms with Crippen LogP contribution < -0.4 is 4.90 Å². The second kappa shape index (κ2) is 13.0. The lowest BCUT2D eigenvalue weighted by Crippen LogP contribution is -2.14. The Kier molecular flexibility index (Phi) is 7.55. The predicted molar refractivity (Wildman–Crippen MR) is 240 cm³/mol. The zero-order valence-electron chi connectivity index (χ0n) is 31.9. The summed E-state index contributed by atoms with van der Waals surface area (Å²) in [7, 11) is 0. The minimum Gasteiger partial charge on any atom is -0.456 e. The summed E-state index contributed by atoms with van der Waals surface area (Å²) in [5, 5.41) is 4.67. The monoisotopic (exact) mass is 729 g/mol. The summed E-state index contributed by atoms with van der Waals surface area (Å²) in [6, 6.07) is 72.8. The molecule has 9 aromatic carbocycles. The number of para-hydroxylation sites is 2. The lowest BCUT2D eigenvalue weighted by atomic mass is 9.82. The lowest BCUT2D eigenvalue weighted by Gasteiger charge is -2.31. The topological polar surface area (TPSA) is 16.4 Å². The van der Waals surface area contributed by atoms with Crippen LogP contribution in [0.1, 0.15) is 25.0 Å². The number of hydrogen-bond acceptors (Lipinski definition) is 2. The fourth-order valence-corrected chi connectivity index (χ4v) is 9.29. The first-order valence-electron chi connectivity index (χ1n) is 19.8. The van der Waals surface area contributed by atoms with E-state index in [1.165, 1.54) is 49.7 Å². The molecule has 0 aliphatic heterocycles. The van der Waals surface area contributed by atoms with Crippen LogP contribution in [0.4, 0.5) is 17.1 Å². The number of nitrogens with zero attached hydrogens (tertiary/aromatic N) is 1. The Morgan fingerprint density at radius 3 is 1.93 bits per heavy atom. The maximum Gasteiger partial charge on any atom is 0.137 e. The van der Waals surface area contributed by atoms with Crippen LogP contribution in [-0.2, 0) is 5.41 Å². The number of fused-ring (bicyclic) bond motifs is 7. The maximum atomic E-state index is 6.55. The minimum atomic E-state index is -0.0624. The zero-order chi connectivity index (χ0) is 38.1. The smallest absolute Gasteiger partial charge is 0.137 e. The van der Waals surface area contributed by atoms with Crippen molar-refractivity contribution in [3.05, 3.63) is 211 Å². The van der Waals surface area contributed by atoms with Crippen LogP contribution in [-0.4, -0.2) is 0 Å². The second-order valence-corrected chi connectivity index (χ2v) is 15.7. The van der Waals surface area contributed by atoms with E-state index < -0.39 is 0 Å². The molecular formula is C55H39NO. The molecule has 1 aliphatic carbocycles. The van der Waals surface area contributed by atoms with E-state index in [2.05, 4.69) is 213 Å². The van der Waals surface area contributed by atoms with Gasteiger partial charge in [0.05, 0.1) is 11.4 Å². The van der Waals surface area contributed by atoms with Gasteiger partial charge in [0, 0.05) is 39.1 Å². The molecule has 0 N–H and O–H groups in total. The number of anilines is 3. The molecule has 0 spiro atoms. The molecular weight excluding hydrogens is 691 g/mol. The van der Waals surface area contributed by atoms with Crippen molar-refractivity contribution in [1.29, 1.82) is 0 Å². The van der Waals surface area contributed by atoms with Crippen LogP contribution in [0.15, 0.2) is 205 Å². The molecule has 10 aromatic rings. The van der Waals surface area contributed by atoms with Crippen LogP contribution in [0, 0.1) is 0 Å². The van der Waals surface area contributed by atoms with Gasteiger partial charge in [-0.05, 0) is 97.7 Å². The molecule has 270 valence electrons. The fourth-order valence-electron chi connectivity index (χ4n) is 9.29. The number of benzene rings is 9. The molecule has 0 saturated carbocycles. The van der Waals surface area contributed by atoms with E-state index in [9.17, 15) is 0 Å². The average Bonchev–Trinajstić information content (AvgIpc) is 3.75. The van der Waals surface area contributed by atoms with Crippen LogP contribution in [0.3, 0.4) is 0 Å². The van der Waals surface area contributed by atoms with Crippen molar-refractivity contribution < 1.29 is 4.42 Å². The molecule has 2 heteroatoms. The van der Waals surface area contributed by atoms with Gasteiger partial charge in [-0.3, -0.25) is 0 Å². The number of rotatable bonds is 6. The summed E-state index contributed by atoms with van der Waals surface area (Å²) < 4.78 is 6.55. The van der Waals surface area contributed by atoms with Gasteiger partial charge in [0.15, 0.2) is 0 Å². The molecule has 0 unspecified atom stereocenters. The third kappa shape index (κ3) is 5.33. The van der Waals surface area contributed by atoms with E-state index in [0.29, 0.717) is 0 Å². The summed E-state index contributed by atoms with van der Waals surface area (Å²) in [5.74, 6) is 0. The zero-order valence-corrected chi connectivity index (χ0v) is 31.9. The predicted octanol–water partition coefficient (Wildman–Crippen LogP) is 15.5. The lowest BCUT2D eigenvalue weighted by molar-refractivity contribution is 0.660. The van der Waals surface area contributed by atoms with Crippen LogP contribution in [0.25, 0.3) is 77.2 Å². The second-order valence-electron chi connectivity index (χ2n) is 15.7. The first-order valence-corrected chi connectivity index (χ1v) is 19.8. The van der Waals surface area contributed by atoms with E-state index in [-0.39, 0.29) is 5.41 Å². The maximum absolute atomic E-state index is 6.55. The molecule has 0 radical (unpaired) electrons. The van der Waals surface area contributed by atoms with E-state index in [4.69, 9.17) is 4.42 Å². The Morgan fingerprint density at radius 2 is 1.04 bits per heavy atom. The van der Waals surface area contributed by atoms with Gasteiger partial charge in [0.2, 0.25) is 0 Å². The Morgan fingerprint density at radius 1 is 0.386 bits per heavy atom. The fraction of sp³-hybridized carbons (Fsp3) is 0.0545. The van der Waals surface area contributed by atoms with Gasteiger partial charge in [-0.1, -0.05) is 166 Å². The molecule has 0 amide bonds. The summed E-state index contributed by atoms with van der Waals surface area (Å²) in [6.07, 6.45) is 0. The minimum absolute atomic E-state index is 0.0624. The van der Waals surface area contributed by atoms with Gasteiger partial charge in [-0.15, -0.1) is 0 Å². The van der Waals surface area contributed by atoms with Crippen LogP contribution in [0.5, 0.6) is 0 Å². The SMILES string of the molecule is CC1(C)c2ccccc2-c2cc(-c3cccc(N(c4ccc5c(c4)oc4ccccc45)c4ccccc4-c4ccc5ccccc5c4)c3-c3ccccc3)ccc21. The van der Waals surface area contributed by atoms with Crippen molar-refractivity contribution in [3.8, 4) is 44.5 Å². The van der Waals surface area contributed by atoms with Crippen LogP contribution in [0.2, 0.25) is 0 Å². The van der Waals surface area contributed by atoms with E-state index in [0.717, 1.165) is 55.7 Å². The first-order chi connectivity index (χ1) is 28.0. The van der Waals surface area contributed by atoms with Crippen molar-refractivity contribution in [2.75, 3.05) is 4.90 Å². The van der Waals surface area contributed by atoms with Crippen molar-refractivity contribution in [1.82, 2.24) is 0 Å². The molecule has 11 rings (SSSR count). The van der Waals surface area contributed by atoms with E-state index in [1.54, 1.807) is 0 Å². The van der Waals surface area contributed by atoms with Gasteiger partial charge >= 0.3 is 0 Å². The van der Waals surface area contributed by atoms with E-state index in [1.807, 2.05) is 6.07 Å². The van der Waals surface area contributed by atoms with Crippen molar-refractivity contribution >= 4 is 49.8 Å². The Hall–Kier alpha value is -7.16. The average molecular weight is 730 g/mol. The Bertz CT molecular complexity index is 3170. The highest BCUT2D eigenvalue weighted by atomic mass is 16.3. The molecule has 0 atom stereocenters. The van der Waals surface area contributed by atoms with E-state index >= 15 is 0 Å². The van der Waals surface area contributed by atoms with Crippen molar-refractivity contribution in [3.63, 3.8) is 0 Å². The largest absolute Gasteiger partial charge is 0.456 e. The molecule has 1 aromatic heterocycles. The third-order valence-electron chi connectivity index (χ3n) is 12.1. The Labute approximate surface area is 332 Å². The first kappa shape index (κ1) is 33.2. The summed E-state index contributed by atoms with van der Waals surface area (Å²) in [6.45, 7) is 4.69. The highest BCUT2D eigenvalue weighted by molar-refractivity contribution is 6.07. The molecule has 0 fully saturated rings. The van der Waals surface area contributed by atoms with Gasteiger partial charge < -0.3 is 9.32 Å². The molecule has 1 heterocycles. The molecule has 57 heavy (non-hydrogen) atoms. The normalized spacial score (nSPS) is 12.9. The van der Waals surface area contributed by atoms with Crippen LogP contribution >= 0.6 is 0 Å². The quantitative estimate of drug-likeness (QED) is 0.169. The molecule has 0 bridgehead atoms. The Balaban J connectivity index is 1.19.